The van der Waals surface area contributed by atoms with Crippen LogP contribution in [0.1, 0.15) is 25.5 Å². The van der Waals surface area contributed by atoms with Crippen LogP contribution in [0.25, 0.3) is 5.52 Å². The Balaban J connectivity index is 2.49. The van der Waals surface area contributed by atoms with Crippen molar-refractivity contribution in [3.05, 3.63) is 42.0 Å². The van der Waals surface area contributed by atoms with Crippen LogP contribution in [-0.2, 0) is 0 Å². The molecule has 0 amide bonds. The number of aromatic nitrogens is 3. The molecule has 1 atom stereocenters. The van der Waals surface area contributed by atoms with E-state index in [0.717, 1.165) is 11.1 Å². The molecule has 1 unspecified atom stereocenters. The fraction of sp³-hybridized carbons (Fsp3) is 0.273. The number of nitrogens with two attached hydrogens (primary N) is 1. The van der Waals surface area contributed by atoms with Gasteiger partial charge in [-0.2, -0.15) is 5.10 Å². The van der Waals surface area contributed by atoms with E-state index in [4.69, 9.17) is 5.84 Å². The molecule has 2 aromatic heterocycles. The fourth-order valence-corrected chi connectivity index (χ4v) is 1.65. The number of nitrogens with zero attached hydrogens (tertiary/aromatic N) is 3. The second kappa shape index (κ2) is 4.42. The van der Waals surface area contributed by atoms with Gasteiger partial charge in [0.2, 0.25) is 0 Å². The summed E-state index contributed by atoms with van der Waals surface area (Å²) in [5, 5.41) is 4.25. The van der Waals surface area contributed by atoms with Crippen molar-refractivity contribution in [2.75, 3.05) is 0 Å². The number of allylic oxidation sites excluding steroid dienone is 1. The maximum absolute atomic E-state index is 5.55. The quantitative estimate of drug-likeness (QED) is 0.460. The van der Waals surface area contributed by atoms with Crippen LogP contribution in [0.2, 0.25) is 0 Å². The number of rotatable bonds is 3. The molecule has 2 aromatic rings. The zero-order valence-corrected chi connectivity index (χ0v) is 9.38. The SMILES string of the molecule is CC(C)=CC(NN)c1cnn2ccncc12. The molecule has 84 valence electrons. The highest BCUT2D eigenvalue weighted by Crippen LogP contribution is 2.19. The van der Waals surface area contributed by atoms with E-state index in [1.165, 1.54) is 5.57 Å². The first-order valence-corrected chi connectivity index (χ1v) is 5.11. The summed E-state index contributed by atoms with van der Waals surface area (Å²) in [5.41, 5.74) is 5.96. The number of nitrogens with one attached hydrogen (secondary N) is 1. The number of hydrogen-bond acceptors (Lipinski definition) is 4. The molecular formula is C11H15N5. The largest absolute Gasteiger partial charge is 0.271 e. The maximum Gasteiger partial charge on any atom is 0.0896 e. The van der Waals surface area contributed by atoms with Crippen LogP contribution in [-0.4, -0.2) is 14.6 Å². The van der Waals surface area contributed by atoms with Crippen LogP contribution in [0.4, 0.5) is 0 Å². The highest BCUT2D eigenvalue weighted by atomic mass is 15.3. The van der Waals surface area contributed by atoms with Gasteiger partial charge in [-0.3, -0.25) is 10.8 Å². The van der Waals surface area contributed by atoms with Crippen LogP contribution in [0.5, 0.6) is 0 Å². The summed E-state index contributed by atoms with van der Waals surface area (Å²) in [7, 11) is 0. The van der Waals surface area contributed by atoms with Crippen molar-refractivity contribution in [1.29, 1.82) is 0 Å². The number of hydrogen-bond donors (Lipinski definition) is 2. The van der Waals surface area contributed by atoms with Crippen molar-refractivity contribution in [2.45, 2.75) is 19.9 Å². The Morgan fingerprint density at radius 1 is 1.50 bits per heavy atom. The molecule has 0 aliphatic rings. The average molecular weight is 217 g/mol. The molecule has 0 aromatic carbocycles. The Bertz CT molecular complexity index is 510. The molecule has 0 saturated heterocycles. The van der Waals surface area contributed by atoms with Gasteiger partial charge in [0.1, 0.15) is 0 Å². The molecule has 16 heavy (non-hydrogen) atoms. The topological polar surface area (TPSA) is 68.2 Å². The van der Waals surface area contributed by atoms with Gasteiger partial charge in [0.15, 0.2) is 0 Å². The van der Waals surface area contributed by atoms with E-state index in [1.807, 2.05) is 20.0 Å². The summed E-state index contributed by atoms with van der Waals surface area (Å²) >= 11 is 0. The molecular weight excluding hydrogens is 202 g/mol. The molecule has 0 radical (unpaired) electrons. The lowest BCUT2D eigenvalue weighted by Gasteiger charge is -2.10. The number of hydrazine groups is 1. The molecule has 0 aliphatic carbocycles. The predicted molar refractivity (Wildman–Crippen MR) is 62.5 cm³/mol. The highest BCUT2D eigenvalue weighted by Gasteiger charge is 2.12. The Kier molecular flexibility index (Phi) is 2.98. The molecule has 0 bridgehead atoms. The molecule has 5 heteroatoms. The molecule has 2 rings (SSSR count). The summed E-state index contributed by atoms with van der Waals surface area (Å²) in [6.45, 7) is 4.07. The van der Waals surface area contributed by atoms with E-state index < -0.39 is 0 Å². The van der Waals surface area contributed by atoms with Crippen LogP contribution in [0, 0.1) is 0 Å². The van der Waals surface area contributed by atoms with Gasteiger partial charge in [0.25, 0.3) is 0 Å². The van der Waals surface area contributed by atoms with Crippen LogP contribution in [0.3, 0.4) is 0 Å². The molecule has 0 saturated carbocycles. The van der Waals surface area contributed by atoms with Crippen molar-refractivity contribution >= 4 is 5.52 Å². The lowest BCUT2D eigenvalue weighted by Crippen LogP contribution is -2.26. The van der Waals surface area contributed by atoms with Gasteiger partial charge in [-0.1, -0.05) is 11.6 Å². The maximum atomic E-state index is 5.55. The first-order chi connectivity index (χ1) is 7.72. The van der Waals surface area contributed by atoms with Gasteiger partial charge in [-0.05, 0) is 13.8 Å². The molecule has 0 fully saturated rings. The first-order valence-electron chi connectivity index (χ1n) is 5.11. The molecule has 3 N–H and O–H groups in total. The van der Waals surface area contributed by atoms with Crippen molar-refractivity contribution in [3.63, 3.8) is 0 Å². The lowest BCUT2D eigenvalue weighted by molar-refractivity contribution is 0.655. The van der Waals surface area contributed by atoms with Crippen LogP contribution >= 0.6 is 0 Å². The van der Waals surface area contributed by atoms with Crippen molar-refractivity contribution < 1.29 is 0 Å². The first kappa shape index (κ1) is 10.8. The molecule has 2 heterocycles. The summed E-state index contributed by atoms with van der Waals surface area (Å²) in [6.07, 6.45) is 9.17. The lowest BCUT2D eigenvalue weighted by atomic mass is 10.1. The fourth-order valence-electron chi connectivity index (χ4n) is 1.65. The van der Waals surface area contributed by atoms with E-state index in [-0.39, 0.29) is 6.04 Å². The summed E-state index contributed by atoms with van der Waals surface area (Å²) < 4.78 is 1.78. The average Bonchev–Trinajstić information content (AvgIpc) is 2.69. The predicted octanol–water partition coefficient (Wildman–Crippen LogP) is 1.20. The van der Waals surface area contributed by atoms with Crippen molar-refractivity contribution in [1.82, 2.24) is 20.0 Å². The minimum Gasteiger partial charge on any atom is -0.271 e. The smallest absolute Gasteiger partial charge is 0.0896 e. The van der Waals surface area contributed by atoms with Crippen LogP contribution < -0.4 is 11.3 Å². The minimum atomic E-state index is -0.0355. The Morgan fingerprint density at radius 2 is 2.31 bits per heavy atom. The third-order valence-corrected chi connectivity index (χ3v) is 2.37. The van der Waals surface area contributed by atoms with Crippen molar-refractivity contribution in [3.8, 4) is 0 Å². The van der Waals surface area contributed by atoms with E-state index >= 15 is 0 Å². The summed E-state index contributed by atoms with van der Waals surface area (Å²) in [5.74, 6) is 5.55. The zero-order valence-electron chi connectivity index (χ0n) is 9.38. The van der Waals surface area contributed by atoms with Gasteiger partial charge in [0.05, 0.1) is 24.0 Å². The van der Waals surface area contributed by atoms with Gasteiger partial charge in [0, 0.05) is 18.0 Å². The second-order valence-corrected chi connectivity index (χ2v) is 3.89. The van der Waals surface area contributed by atoms with Crippen molar-refractivity contribution in [2.24, 2.45) is 5.84 Å². The second-order valence-electron chi connectivity index (χ2n) is 3.89. The molecule has 0 aliphatic heterocycles. The molecule has 5 nitrogen and oxygen atoms in total. The Morgan fingerprint density at radius 3 is 3.00 bits per heavy atom. The van der Waals surface area contributed by atoms with Gasteiger partial charge in [-0.25, -0.2) is 9.94 Å². The Hall–Kier alpha value is -1.72. The van der Waals surface area contributed by atoms with Gasteiger partial charge in [-0.15, -0.1) is 0 Å². The van der Waals surface area contributed by atoms with E-state index in [9.17, 15) is 0 Å². The summed E-state index contributed by atoms with van der Waals surface area (Å²) in [4.78, 5) is 4.09. The van der Waals surface area contributed by atoms with Gasteiger partial charge >= 0.3 is 0 Å². The third kappa shape index (κ3) is 1.95. The van der Waals surface area contributed by atoms with E-state index in [1.54, 1.807) is 23.1 Å². The number of fused-ring (bicyclic) bond motifs is 1. The molecule has 0 spiro atoms. The minimum absolute atomic E-state index is 0.0355. The van der Waals surface area contributed by atoms with E-state index in [2.05, 4.69) is 21.6 Å². The highest BCUT2D eigenvalue weighted by molar-refractivity contribution is 5.54. The normalized spacial score (nSPS) is 12.7. The standard InChI is InChI=1S/C11H15N5/c1-8(2)5-10(15-12)9-6-14-16-4-3-13-7-11(9)16/h3-7,10,15H,12H2,1-2H3. The Labute approximate surface area is 94.0 Å². The van der Waals surface area contributed by atoms with Gasteiger partial charge < -0.3 is 0 Å². The van der Waals surface area contributed by atoms with Crippen LogP contribution in [0.15, 0.2) is 36.4 Å². The zero-order chi connectivity index (χ0) is 11.5. The monoisotopic (exact) mass is 217 g/mol. The summed E-state index contributed by atoms with van der Waals surface area (Å²) in [6, 6.07) is -0.0355. The third-order valence-electron chi connectivity index (χ3n) is 2.37. The van der Waals surface area contributed by atoms with E-state index in [0.29, 0.717) is 0 Å².